The van der Waals surface area contributed by atoms with Crippen LogP contribution in [-0.2, 0) is 41.9 Å². The third kappa shape index (κ3) is 3.95. The first-order valence-electron chi connectivity index (χ1n) is 17.9. The van der Waals surface area contributed by atoms with Crippen molar-refractivity contribution in [3.8, 4) is 11.1 Å². The molecule has 0 radical (unpaired) electrons. The lowest BCUT2D eigenvalue weighted by Crippen LogP contribution is -2.29. The van der Waals surface area contributed by atoms with E-state index in [4.69, 9.17) is 0 Å². The molecule has 226 valence electrons. The van der Waals surface area contributed by atoms with Crippen molar-refractivity contribution < 1.29 is 0 Å². The van der Waals surface area contributed by atoms with Gasteiger partial charge >= 0.3 is 0 Å². The highest BCUT2D eigenvalue weighted by Gasteiger charge is 2.45. The lowest BCUT2D eigenvalue weighted by molar-refractivity contribution is 0.464. The average Bonchev–Trinajstić information content (AvgIpc) is 3.81. The van der Waals surface area contributed by atoms with Crippen molar-refractivity contribution in [3.63, 3.8) is 0 Å². The van der Waals surface area contributed by atoms with Crippen LogP contribution in [0.25, 0.3) is 11.1 Å². The predicted octanol–water partition coefficient (Wildman–Crippen LogP) is 11.2. The summed E-state index contributed by atoms with van der Waals surface area (Å²) in [6, 6.07) is 30.2. The Kier molecular flexibility index (Phi) is 6.57. The summed E-state index contributed by atoms with van der Waals surface area (Å²) in [5.74, 6) is 0.858. The van der Waals surface area contributed by atoms with E-state index in [1.807, 2.05) is 0 Å². The van der Waals surface area contributed by atoms with Gasteiger partial charge in [-0.2, -0.15) is 0 Å². The molecule has 0 N–H and O–H groups in total. The van der Waals surface area contributed by atoms with Crippen LogP contribution in [0.2, 0.25) is 0 Å². The molecule has 0 aromatic heterocycles. The van der Waals surface area contributed by atoms with Gasteiger partial charge in [-0.05, 0) is 130 Å². The largest absolute Gasteiger partial charge is 0.0642 e. The Morgan fingerprint density at radius 1 is 0.523 bits per heavy atom. The third-order valence-electron chi connectivity index (χ3n) is 13.3. The molecule has 0 nitrogen and oxygen atoms in total. The van der Waals surface area contributed by atoms with Crippen LogP contribution in [0.4, 0.5) is 0 Å². The maximum atomic E-state index is 2.67. The molecule has 1 fully saturated rings. The van der Waals surface area contributed by atoms with Gasteiger partial charge in [0.25, 0.3) is 0 Å². The van der Waals surface area contributed by atoms with Gasteiger partial charge in [-0.3, -0.25) is 0 Å². The monoisotopic (exact) mass is 578 g/mol. The van der Waals surface area contributed by atoms with E-state index in [1.54, 1.807) is 33.4 Å². The fourth-order valence-electron chi connectivity index (χ4n) is 9.78. The zero-order valence-corrected chi connectivity index (χ0v) is 27.8. The fourth-order valence-corrected chi connectivity index (χ4v) is 9.78. The summed E-state index contributed by atoms with van der Waals surface area (Å²) in [4.78, 5) is 0. The van der Waals surface area contributed by atoms with Crippen LogP contribution in [0.3, 0.4) is 0 Å². The van der Waals surface area contributed by atoms with Crippen molar-refractivity contribution >= 4 is 0 Å². The van der Waals surface area contributed by atoms with Crippen LogP contribution in [0.5, 0.6) is 0 Å². The van der Waals surface area contributed by atoms with Crippen molar-refractivity contribution in [2.24, 2.45) is 5.92 Å². The van der Waals surface area contributed by atoms with E-state index in [-0.39, 0.29) is 16.2 Å². The second-order valence-electron chi connectivity index (χ2n) is 15.0. The molecular weight excluding hydrogens is 528 g/mol. The van der Waals surface area contributed by atoms with Gasteiger partial charge in [0.1, 0.15) is 0 Å². The zero-order valence-electron chi connectivity index (χ0n) is 27.8. The van der Waals surface area contributed by atoms with E-state index in [1.165, 1.54) is 78.3 Å². The summed E-state index contributed by atoms with van der Waals surface area (Å²) in [5, 5.41) is 0. The van der Waals surface area contributed by atoms with E-state index < -0.39 is 0 Å². The van der Waals surface area contributed by atoms with E-state index in [9.17, 15) is 0 Å². The molecule has 44 heavy (non-hydrogen) atoms. The van der Waals surface area contributed by atoms with Crippen LogP contribution >= 0.6 is 0 Å². The van der Waals surface area contributed by atoms with E-state index in [0.29, 0.717) is 0 Å². The molecule has 0 unspecified atom stereocenters. The maximum absolute atomic E-state index is 2.67. The Morgan fingerprint density at radius 3 is 1.25 bits per heavy atom. The number of benzene rings is 4. The predicted molar refractivity (Wildman–Crippen MR) is 186 cm³/mol. The van der Waals surface area contributed by atoms with Crippen LogP contribution < -0.4 is 0 Å². The minimum absolute atomic E-state index is 0.0548. The van der Waals surface area contributed by atoms with Gasteiger partial charge in [-0.25, -0.2) is 0 Å². The number of fused-ring (bicyclic) bond motifs is 5. The van der Waals surface area contributed by atoms with Crippen molar-refractivity contribution in [2.45, 2.75) is 121 Å². The van der Waals surface area contributed by atoms with Crippen LogP contribution in [0, 0.1) is 5.92 Å². The Labute approximate surface area is 266 Å². The van der Waals surface area contributed by atoms with E-state index in [2.05, 4.69) is 107 Å². The third-order valence-corrected chi connectivity index (χ3v) is 13.3. The molecule has 0 amide bonds. The number of rotatable bonds is 10. The van der Waals surface area contributed by atoms with Crippen LogP contribution in [0.1, 0.15) is 135 Å². The minimum atomic E-state index is 0.0548. The Morgan fingerprint density at radius 2 is 0.909 bits per heavy atom. The molecule has 0 bridgehead atoms. The highest BCUT2D eigenvalue weighted by molar-refractivity contribution is 5.82. The fraction of sp³-hybridized carbons (Fsp3) is 0.455. The molecule has 0 heterocycles. The smallest absolute Gasteiger partial charge is 0.0197 e. The second kappa shape index (κ2) is 10.2. The van der Waals surface area contributed by atoms with Crippen molar-refractivity contribution in [2.75, 3.05) is 0 Å². The molecule has 0 heteroatoms. The molecule has 0 aliphatic heterocycles. The summed E-state index contributed by atoms with van der Waals surface area (Å²) >= 11 is 0. The SMILES string of the molecule is CCC(CC)(c1ccc2c(c1)CC2)c1ccc2c(c1)C(C)(CC1CC1)c1cc(C(CC)(CC)c3ccc4c(c3)CC4)ccc1-2. The molecule has 1 saturated carbocycles. The first-order chi connectivity index (χ1) is 21.4. The molecule has 4 aromatic carbocycles. The van der Waals surface area contributed by atoms with Crippen molar-refractivity contribution in [1.29, 1.82) is 0 Å². The Bertz CT molecular complexity index is 1630. The van der Waals surface area contributed by atoms with Gasteiger partial charge in [0, 0.05) is 16.2 Å². The molecule has 4 aliphatic carbocycles. The molecule has 0 saturated heterocycles. The van der Waals surface area contributed by atoms with Crippen molar-refractivity contribution in [1.82, 2.24) is 0 Å². The average molecular weight is 579 g/mol. The lowest BCUT2D eigenvalue weighted by atomic mass is 9.66. The maximum Gasteiger partial charge on any atom is 0.0197 e. The zero-order chi connectivity index (χ0) is 30.3. The Hall–Kier alpha value is -3.12. The van der Waals surface area contributed by atoms with Gasteiger partial charge in [0.05, 0.1) is 0 Å². The van der Waals surface area contributed by atoms with E-state index in [0.717, 1.165) is 31.6 Å². The molecule has 0 spiro atoms. The molecule has 8 rings (SSSR count). The molecule has 4 aromatic rings. The molecule has 0 atom stereocenters. The lowest BCUT2D eigenvalue weighted by Gasteiger charge is -2.37. The van der Waals surface area contributed by atoms with E-state index >= 15 is 0 Å². The standard InChI is InChI=1S/C44H50/c1-6-43(7-2,34-18-16-30-12-14-32(30)24-34)36-20-22-38-39-23-21-37(27-41(39)42(5,40(38)26-36)28-29-10-11-29)44(8-3,9-4)35-19-17-31-13-15-33(31)25-35/h16-27,29H,6-15,28H2,1-5H3. The summed E-state index contributed by atoms with van der Waals surface area (Å²) in [6.45, 7) is 12.2. The topological polar surface area (TPSA) is 0 Å². The van der Waals surface area contributed by atoms with Gasteiger partial charge in [0.2, 0.25) is 0 Å². The summed E-state index contributed by atoms with van der Waals surface area (Å²) < 4.78 is 0. The van der Waals surface area contributed by atoms with Gasteiger partial charge in [-0.15, -0.1) is 0 Å². The Balaban J connectivity index is 1.26. The number of hydrogen-bond acceptors (Lipinski definition) is 0. The van der Waals surface area contributed by atoms with Crippen LogP contribution in [0.15, 0.2) is 72.8 Å². The number of hydrogen-bond donors (Lipinski definition) is 0. The minimum Gasteiger partial charge on any atom is -0.0642 e. The van der Waals surface area contributed by atoms with Gasteiger partial charge < -0.3 is 0 Å². The van der Waals surface area contributed by atoms with Crippen LogP contribution in [-0.4, -0.2) is 0 Å². The molecular formula is C44H50. The summed E-state index contributed by atoms with van der Waals surface area (Å²) in [5.41, 5.74) is 18.7. The quantitative estimate of drug-likeness (QED) is 0.176. The summed E-state index contributed by atoms with van der Waals surface area (Å²) in [6.07, 6.45) is 13.6. The van der Waals surface area contributed by atoms with Gasteiger partial charge in [-0.1, -0.05) is 120 Å². The highest BCUT2D eigenvalue weighted by Crippen LogP contribution is 2.57. The number of aryl methyl sites for hydroxylation is 4. The highest BCUT2D eigenvalue weighted by atomic mass is 14.5. The first kappa shape index (κ1) is 28.4. The second-order valence-corrected chi connectivity index (χ2v) is 15.0. The first-order valence-corrected chi connectivity index (χ1v) is 17.9. The normalized spacial score (nSPS) is 17.7. The van der Waals surface area contributed by atoms with Gasteiger partial charge in [0.15, 0.2) is 0 Å². The van der Waals surface area contributed by atoms with Crippen molar-refractivity contribution in [3.05, 3.63) is 128 Å². The summed E-state index contributed by atoms with van der Waals surface area (Å²) in [7, 11) is 0. The molecule has 4 aliphatic rings.